The second kappa shape index (κ2) is 7.85. The normalized spacial score (nSPS) is 15.7. The van der Waals surface area contributed by atoms with Crippen molar-refractivity contribution in [3.63, 3.8) is 0 Å². The molecule has 0 unspecified atom stereocenters. The second-order valence-corrected chi connectivity index (χ2v) is 5.39. The zero-order valence-corrected chi connectivity index (χ0v) is 13.1. The molecule has 0 radical (unpaired) electrons. The third kappa shape index (κ3) is 4.50. The minimum absolute atomic E-state index is 0.182. The number of hydrogen-bond donors (Lipinski definition) is 1. The number of morpholine rings is 1. The van der Waals surface area contributed by atoms with Crippen LogP contribution in [0, 0.1) is 5.82 Å². The van der Waals surface area contributed by atoms with Gasteiger partial charge in [0.25, 0.3) is 5.91 Å². The number of carbonyl (C=O) groups excluding carboxylic acids is 1. The van der Waals surface area contributed by atoms with Gasteiger partial charge in [-0.1, -0.05) is 0 Å². The third-order valence-corrected chi connectivity index (χ3v) is 3.61. The van der Waals surface area contributed by atoms with Crippen LogP contribution in [-0.4, -0.2) is 49.9 Å². The standard InChI is InChI=1S/C17H18FN3O3/c18-14-3-1-13(2-4-14)16-6-5-15(24-16)11-19-20-17(22)12-21-7-9-23-10-8-21/h1-6,11H,7-10,12H2,(H,20,22)/b19-11+. The molecule has 1 amide bonds. The number of halogens is 1. The van der Waals surface area contributed by atoms with Gasteiger partial charge in [-0.3, -0.25) is 9.69 Å². The van der Waals surface area contributed by atoms with Gasteiger partial charge >= 0.3 is 0 Å². The number of ether oxygens (including phenoxy) is 1. The molecule has 2 heterocycles. The van der Waals surface area contributed by atoms with E-state index in [1.165, 1.54) is 18.3 Å². The molecule has 6 nitrogen and oxygen atoms in total. The number of amides is 1. The minimum atomic E-state index is -0.296. The summed E-state index contributed by atoms with van der Waals surface area (Å²) in [4.78, 5) is 13.8. The number of benzene rings is 1. The average Bonchev–Trinajstić information content (AvgIpc) is 3.05. The highest BCUT2D eigenvalue weighted by molar-refractivity contribution is 5.82. The average molecular weight is 331 g/mol. The highest BCUT2D eigenvalue weighted by Crippen LogP contribution is 2.21. The molecule has 1 aromatic heterocycles. The number of nitrogens with one attached hydrogen (secondary N) is 1. The fraction of sp³-hybridized carbons (Fsp3) is 0.294. The molecule has 1 N–H and O–H groups in total. The highest BCUT2D eigenvalue weighted by Gasteiger charge is 2.13. The van der Waals surface area contributed by atoms with E-state index in [2.05, 4.69) is 10.5 Å². The van der Waals surface area contributed by atoms with Crippen molar-refractivity contribution in [1.82, 2.24) is 10.3 Å². The molecule has 1 aliphatic rings. The molecule has 0 saturated carbocycles. The maximum atomic E-state index is 12.9. The predicted molar refractivity (Wildman–Crippen MR) is 87.1 cm³/mol. The van der Waals surface area contributed by atoms with Crippen molar-refractivity contribution in [3.8, 4) is 11.3 Å². The van der Waals surface area contributed by atoms with Crippen LogP contribution in [0.4, 0.5) is 4.39 Å². The molecule has 0 spiro atoms. The summed E-state index contributed by atoms with van der Waals surface area (Å²) in [6.07, 6.45) is 1.43. The monoisotopic (exact) mass is 331 g/mol. The zero-order valence-electron chi connectivity index (χ0n) is 13.1. The van der Waals surface area contributed by atoms with Gasteiger partial charge in [-0.05, 0) is 36.4 Å². The molecule has 3 rings (SSSR count). The Bertz CT molecular complexity index is 706. The Labute approximate surface area is 138 Å². The number of hydrogen-bond acceptors (Lipinski definition) is 5. The number of carbonyl (C=O) groups is 1. The van der Waals surface area contributed by atoms with Crippen LogP contribution in [0.1, 0.15) is 5.76 Å². The smallest absolute Gasteiger partial charge is 0.254 e. The summed E-state index contributed by atoms with van der Waals surface area (Å²) in [5.41, 5.74) is 3.24. The van der Waals surface area contributed by atoms with E-state index in [0.29, 0.717) is 31.3 Å². The highest BCUT2D eigenvalue weighted by atomic mass is 19.1. The van der Waals surface area contributed by atoms with E-state index < -0.39 is 0 Å². The third-order valence-electron chi connectivity index (χ3n) is 3.61. The first kappa shape index (κ1) is 16.4. The lowest BCUT2D eigenvalue weighted by Gasteiger charge is -2.25. The summed E-state index contributed by atoms with van der Waals surface area (Å²) in [7, 11) is 0. The van der Waals surface area contributed by atoms with Crippen molar-refractivity contribution in [3.05, 3.63) is 48.0 Å². The second-order valence-electron chi connectivity index (χ2n) is 5.39. The van der Waals surface area contributed by atoms with Gasteiger partial charge in [-0.15, -0.1) is 0 Å². The van der Waals surface area contributed by atoms with Gasteiger partial charge in [-0.25, -0.2) is 9.82 Å². The van der Waals surface area contributed by atoms with E-state index in [1.807, 2.05) is 4.90 Å². The van der Waals surface area contributed by atoms with Crippen LogP contribution < -0.4 is 5.43 Å². The van der Waals surface area contributed by atoms with Crippen LogP contribution in [0.3, 0.4) is 0 Å². The van der Waals surface area contributed by atoms with Crippen LogP contribution in [0.2, 0.25) is 0 Å². The molecule has 1 fully saturated rings. The molecule has 1 aliphatic heterocycles. The van der Waals surface area contributed by atoms with Crippen molar-refractivity contribution in [1.29, 1.82) is 0 Å². The summed E-state index contributed by atoms with van der Waals surface area (Å²) in [6, 6.07) is 9.52. The number of nitrogens with zero attached hydrogens (tertiary/aromatic N) is 2. The molecule has 1 saturated heterocycles. The first-order chi connectivity index (χ1) is 11.7. The molecule has 1 aromatic carbocycles. The molecular weight excluding hydrogens is 313 g/mol. The van der Waals surface area contributed by atoms with Gasteiger partial charge in [0.1, 0.15) is 17.3 Å². The van der Waals surface area contributed by atoms with E-state index in [1.54, 1.807) is 24.3 Å². The van der Waals surface area contributed by atoms with Gasteiger partial charge in [0.2, 0.25) is 0 Å². The summed E-state index contributed by atoms with van der Waals surface area (Å²) in [5, 5.41) is 3.89. The Kier molecular flexibility index (Phi) is 5.35. The Morgan fingerprint density at radius 1 is 1.21 bits per heavy atom. The number of furan rings is 1. The van der Waals surface area contributed by atoms with Crippen molar-refractivity contribution >= 4 is 12.1 Å². The summed E-state index contributed by atoms with van der Waals surface area (Å²) >= 11 is 0. The molecule has 2 aromatic rings. The minimum Gasteiger partial charge on any atom is -0.455 e. The quantitative estimate of drug-likeness (QED) is 0.671. The molecule has 7 heteroatoms. The molecule has 0 aliphatic carbocycles. The van der Waals surface area contributed by atoms with Gasteiger partial charge in [0.15, 0.2) is 0 Å². The zero-order chi connectivity index (χ0) is 16.8. The Morgan fingerprint density at radius 3 is 2.71 bits per heavy atom. The molecule has 0 atom stereocenters. The van der Waals surface area contributed by atoms with Gasteiger partial charge in [-0.2, -0.15) is 5.10 Å². The first-order valence-electron chi connectivity index (χ1n) is 7.68. The van der Waals surface area contributed by atoms with Crippen LogP contribution in [0.25, 0.3) is 11.3 Å². The predicted octanol–water partition coefficient (Wildman–Crippen LogP) is 1.87. The SMILES string of the molecule is O=C(CN1CCOCC1)N/N=C/c1ccc(-c2ccc(F)cc2)o1. The molecule has 24 heavy (non-hydrogen) atoms. The van der Waals surface area contributed by atoms with Crippen molar-refractivity contribution in [2.24, 2.45) is 5.10 Å². The maximum Gasteiger partial charge on any atom is 0.254 e. The molecular formula is C17H18FN3O3. The number of rotatable bonds is 5. The van der Waals surface area contributed by atoms with E-state index in [-0.39, 0.29) is 11.7 Å². The summed E-state index contributed by atoms with van der Waals surface area (Å²) in [5.74, 6) is 0.630. The van der Waals surface area contributed by atoms with Crippen LogP contribution in [0.15, 0.2) is 45.9 Å². The van der Waals surface area contributed by atoms with Crippen LogP contribution >= 0.6 is 0 Å². The van der Waals surface area contributed by atoms with Crippen molar-refractivity contribution in [2.45, 2.75) is 0 Å². The van der Waals surface area contributed by atoms with Gasteiger partial charge in [0, 0.05) is 18.7 Å². The Hall–Kier alpha value is -2.51. The van der Waals surface area contributed by atoms with Gasteiger partial charge in [0.05, 0.1) is 26.0 Å². The summed E-state index contributed by atoms with van der Waals surface area (Å²) < 4.78 is 23.7. The van der Waals surface area contributed by atoms with E-state index >= 15 is 0 Å². The first-order valence-corrected chi connectivity index (χ1v) is 7.68. The van der Waals surface area contributed by atoms with E-state index in [9.17, 15) is 9.18 Å². The molecule has 0 bridgehead atoms. The largest absolute Gasteiger partial charge is 0.455 e. The molecule has 126 valence electrons. The van der Waals surface area contributed by atoms with Crippen LogP contribution in [-0.2, 0) is 9.53 Å². The topological polar surface area (TPSA) is 67.1 Å². The van der Waals surface area contributed by atoms with Crippen molar-refractivity contribution < 1.29 is 18.3 Å². The van der Waals surface area contributed by atoms with Gasteiger partial charge < -0.3 is 9.15 Å². The number of hydrazone groups is 1. The fourth-order valence-electron chi connectivity index (χ4n) is 2.36. The lowest BCUT2D eigenvalue weighted by molar-refractivity contribution is -0.123. The Balaban J connectivity index is 1.51. The van der Waals surface area contributed by atoms with E-state index in [0.717, 1.165) is 18.7 Å². The Morgan fingerprint density at radius 2 is 1.96 bits per heavy atom. The summed E-state index contributed by atoms with van der Waals surface area (Å²) in [6.45, 7) is 3.08. The fourth-order valence-corrected chi connectivity index (χ4v) is 2.36. The lowest BCUT2D eigenvalue weighted by atomic mass is 10.2. The van der Waals surface area contributed by atoms with E-state index in [4.69, 9.17) is 9.15 Å². The maximum absolute atomic E-state index is 12.9. The lowest BCUT2D eigenvalue weighted by Crippen LogP contribution is -2.42. The van der Waals surface area contributed by atoms with Crippen molar-refractivity contribution in [2.75, 3.05) is 32.8 Å². The van der Waals surface area contributed by atoms with Crippen LogP contribution in [0.5, 0.6) is 0 Å².